The van der Waals surface area contributed by atoms with E-state index in [0.29, 0.717) is 70.5 Å². The molecule has 2 saturated carbocycles. The Hall–Kier alpha value is -7.24. The van der Waals surface area contributed by atoms with Crippen LogP contribution < -0.4 is 15.1 Å². The number of aromatic nitrogens is 2. The van der Waals surface area contributed by atoms with Crippen LogP contribution in [0.1, 0.15) is 116 Å². The van der Waals surface area contributed by atoms with Crippen molar-refractivity contribution in [2.45, 2.75) is 167 Å². The van der Waals surface area contributed by atoms with Gasteiger partial charge in [-0.15, -0.1) is 0 Å². The van der Waals surface area contributed by atoms with E-state index >= 15 is 0 Å². The molecule has 1 N–H and O–H groups in total. The second kappa shape index (κ2) is 33.5. The van der Waals surface area contributed by atoms with E-state index in [2.05, 4.69) is 25.1 Å². The van der Waals surface area contributed by atoms with Crippen molar-refractivity contribution in [2.24, 2.45) is 23.7 Å². The fourth-order valence-electron chi connectivity index (χ4n) is 10.9. The Morgan fingerprint density at radius 3 is 1.51 bits per heavy atom. The molecule has 8 atom stereocenters. The van der Waals surface area contributed by atoms with Crippen molar-refractivity contribution in [1.82, 2.24) is 30.0 Å². The van der Waals surface area contributed by atoms with Gasteiger partial charge in [0, 0.05) is 66.1 Å². The van der Waals surface area contributed by atoms with Crippen LogP contribution in [0.15, 0.2) is 67.0 Å². The summed E-state index contributed by atoms with van der Waals surface area (Å²) in [5, 5.41) is 3.04. The maximum absolute atomic E-state index is 15.0. The fourth-order valence-corrected chi connectivity index (χ4v) is 10.9. The Morgan fingerprint density at radius 1 is 0.539 bits per heavy atom. The number of likely N-dealkylation sites (N-methyl/N-ethyl adjacent to an activating group) is 4. The number of nitrogens with zero attached hydrogens (tertiary/aromatic N) is 7. The number of morpholine rings is 2. The maximum atomic E-state index is 15.0. The number of nitrogens with one attached hydrogen (secondary N) is 1. The van der Waals surface area contributed by atoms with Gasteiger partial charge < -0.3 is 63.0 Å². The van der Waals surface area contributed by atoms with Gasteiger partial charge in [-0.3, -0.25) is 19.2 Å². The molecule has 0 spiro atoms. The summed E-state index contributed by atoms with van der Waals surface area (Å²) in [5.41, 5.74) is 2.12. The number of esters is 5. The molecule has 2 saturated heterocycles. The third-order valence-electron chi connectivity index (χ3n) is 16.8. The zero-order valence-electron chi connectivity index (χ0n) is 53.7. The topological polar surface area (TPSA) is 255 Å². The minimum Gasteiger partial charge on any atom is -0.458 e. The molecule has 23 heteroatoms. The number of rotatable bonds is 33. The number of carbonyl (C=O) groups is 8. The number of ether oxygens (including phenoxy) is 7. The van der Waals surface area contributed by atoms with Crippen molar-refractivity contribution in [2.75, 3.05) is 90.6 Å². The smallest absolute Gasteiger partial charge is 0.347 e. The van der Waals surface area contributed by atoms with Gasteiger partial charge in [0.2, 0.25) is 0 Å². The highest BCUT2D eigenvalue weighted by Crippen LogP contribution is 2.36. The summed E-state index contributed by atoms with van der Waals surface area (Å²) in [7, 11) is 5.95. The zero-order valence-corrected chi connectivity index (χ0v) is 53.7. The highest BCUT2D eigenvalue weighted by Gasteiger charge is 2.43. The van der Waals surface area contributed by atoms with Crippen molar-refractivity contribution in [3.63, 3.8) is 0 Å². The predicted molar refractivity (Wildman–Crippen MR) is 330 cm³/mol. The molecule has 0 radical (unpaired) electrons. The first-order valence-electron chi connectivity index (χ1n) is 31.7. The normalized spacial score (nSPS) is 17.8. The molecule has 4 heterocycles. The van der Waals surface area contributed by atoms with Crippen LogP contribution in [0.3, 0.4) is 0 Å². The maximum Gasteiger partial charge on any atom is 0.347 e. The highest BCUT2D eigenvalue weighted by molar-refractivity contribution is 5.93. The minimum atomic E-state index is -1.48. The number of hydrogen-bond donors (Lipinski definition) is 1. The first kappa shape index (κ1) is 69.2. The second-order valence-electron chi connectivity index (χ2n) is 24.9. The summed E-state index contributed by atoms with van der Waals surface area (Å²) in [6, 6.07) is 12.2. The Kier molecular flexibility index (Phi) is 26.1. The summed E-state index contributed by atoms with van der Waals surface area (Å²) in [4.78, 5) is 132. The molecule has 7 rings (SSSR count). The van der Waals surface area contributed by atoms with E-state index in [1.54, 1.807) is 31.6 Å². The van der Waals surface area contributed by atoms with E-state index in [1.807, 2.05) is 70.2 Å². The zero-order chi connectivity index (χ0) is 64.3. The molecule has 3 amide bonds. The first-order chi connectivity index (χ1) is 42.6. The molecule has 2 aliphatic carbocycles. The number of hydrogen-bond acceptors (Lipinski definition) is 20. The SMILES string of the molecule is CN[C@@H](CC1CC1)C(=O)O[C@H](Cc1ccc(N2CCOCC2)nc1)C(=O)N(C)[C@@H](CC(C)C)C(=O)O[C@H](C)C(=O)N(C)[C@@H](CC1CC1)C(=O)O[C@H](CCc1ccc(N2CCOCC2)nc1)C(=O)N(C)[C@@H](CC(C)C)C(=O)O[C@H](C)C(=O)OCc1ccccc1. The number of benzene rings is 1. The summed E-state index contributed by atoms with van der Waals surface area (Å²) >= 11 is 0. The average molecular weight is 1240 g/mol. The molecule has 89 heavy (non-hydrogen) atoms. The predicted octanol–water partition coefficient (Wildman–Crippen LogP) is 5.52. The third kappa shape index (κ3) is 20.9. The van der Waals surface area contributed by atoms with Gasteiger partial charge in [0.15, 0.2) is 24.4 Å². The highest BCUT2D eigenvalue weighted by atomic mass is 16.6. The monoisotopic (exact) mass is 1240 g/mol. The van der Waals surface area contributed by atoms with Crippen molar-refractivity contribution in [1.29, 1.82) is 0 Å². The van der Waals surface area contributed by atoms with Crippen molar-refractivity contribution in [3.8, 4) is 0 Å². The lowest BCUT2D eigenvalue weighted by molar-refractivity contribution is -0.176. The number of amides is 3. The standard InChI is InChI=1S/C66H94N8O15/c1-42(2)34-52(72(10)61(77)56(89-63(79)51(67-7)36-46-16-17-46)38-50-22-25-58(69-40-50)74-28-32-84-33-29-74)64(80)86-44(5)59(75)70(8)54(37-47-18-19-47)66(82)88-55(23-20-48-21-24-57(68-39-48)73-26-30-83-31-27-73)60(76)71(9)53(35-43(3)4)65(81)87-45(6)62(78)85-41-49-14-12-11-13-15-49/h11-15,21-22,24-25,39-40,42-47,51-56,67H,16-20,23,26-38,41H2,1-10H3/t44-,45-,51+,52+,53+,54+,55-,56-/m1/s1. The summed E-state index contributed by atoms with van der Waals surface area (Å²) in [5.74, 6) is -4.46. The molecule has 23 nitrogen and oxygen atoms in total. The van der Waals surface area contributed by atoms with E-state index in [4.69, 9.17) is 33.2 Å². The Morgan fingerprint density at radius 2 is 1.01 bits per heavy atom. The third-order valence-corrected chi connectivity index (χ3v) is 16.8. The number of anilines is 2. The summed E-state index contributed by atoms with van der Waals surface area (Å²) in [6.45, 7) is 15.3. The van der Waals surface area contributed by atoms with Crippen molar-refractivity contribution in [3.05, 3.63) is 83.7 Å². The number of pyridine rings is 2. The average Bonchev–Trinajstić information content (AvgIpc) is 4.24. The molecule has 0 unspecified atom stereocenters. The van der Waals surface area contributed by atoms with E-state index in [1.165, 1.54) is 49.7 Å². The van der Waals surface area contributed by atoms with E-state index in [-0.39, 0.29) is 62.9 Å². The van der Waals surface area contributed by atoms with Gasteiger partial charge in [-0.1, -0.05) is 95.8 Å². The van der Waals surface area contributed by atoms with Crippen molar-refractivity contribution >= 4 is 59.2 Å². The van der Waals surface area contributed by atoms with Crippen LogP contribution >= 0.6 is 0 Å². The molecule has 488 valence electrons. The quantitative estimate of drug-likeness (QED) is 0.0582. The van der Waals surface area contributed by atoms with Crippen LogP contribution in [-0.2, 0) is 91.0 Å². The van der Waals surface area contributed by atoms with Crippen LogP contribution in [0.25, 0.3) is 0 Å². The van der Waals surface area contributed by atoms with Gasteiger partial charge in [0.05, 0.1) is 26.4 Å². The Labute approximate surface area is 524 Å². The van der Waals surface area contributed by atoms with Gasteiger partial charge in [0.1, 0.15) is 42.4 Å². The molecule has 4 fully saturated rings. The lowest BCUT2D eigenvalue weighted by atomic mass is 10.0. The fraction of sp³-hybridized carbons (Fsp3) is 0.636. The van der Waals surface area contributed by atoms with Gasteiger partial charge in [-0.2, -0.15) is 0 Å². The Bertz CT molecular complexity index is 2810. The van der Waals surface area contributed by atoms with Crippen molar-refractivity contribution < 1.29 is 71.5 Å². The number of aryl methyl sites for hydroxylation is 1. The second-order valence-corrected chi connectivity index (χ2v) is 24.9. The molecule has 2 aromatic heterocycles. The minimum absolute atomic E-state index is 0.0343. The lowest BCUT2D eigenvalue weighted by Gasteiger charge is -2.34. The van der Waals surface area contributed by atoms with Crippen LogP contribution in [0.2, 0.25) is 0 Å². The lowest BCUT2D eigenvalue weighted by Crippen LogP contribution is -2.53. The van der Waals surface area contributed by atoms with Gasteiger partial charge in [-0.05, 0) is 112 Å². The van der Waals surface area contributed by atoms with E-state index < -0.39 is 96.2 Å². The van der Waals surface area contributed by atoms with E-state index in [0.717, 1.165) is 48.4 Å². The van der Waals surface area contributed by atoms with E-state index in [9.17, 15) is 38.4 Å². The summed E-state index contributed by atoms with van der Waals surface area (Å²) < 4.78 is 40.4. The molecule has 2 aliphatic heterocycles. The molecule has 0 bridgehead atoms. The van der Waals surface area contributed by atoms with Crippen LogP contribution in [-0.4, -0.2) is 202 Å². The van der Waals surface area contributed by atoms with Gasteiger partial charge >= 0.3 is 29.8 Å². The largest absolute Gasteiger partial charge is 0.458 e. The van der Waals surface area contributed by atoms with Crippen LogP contribution in [0.4, 0.5) is 11.6 Å². The van der Waals surface area contributed by atoms with Crippen LogP contribution in [0.5, 0.6) is 0 Å². The Balaban J connectivity index is 1.07. The summed E-state index contributed by atoms with van der Waals surface area (Å²) in [6.07, 6.45) is 2.44. The van der Waals surface area contributed by atoms with Crippen LogP contribution in [0, 0.1) is 23.7 Å². The molecular weight excluding hydrogens is 1140 g/mol. The molecular formula is C66H94N8O15. The molecule has 4 aliphatic rings. The first-order valence-corrected chi connectivity index (χ1v) is 31.7. The van der Waals surface area contributed by atoms with Gasteiger partial charge in [-0.25, -0.2) is 29.1 Å². The number of carbonyl (C=O) groups excluding carboxylic acids is 8. The van der Waals surface area contributed by atoms with Gasteiger partial charge in [0.25, 0.3) is 17.7 Å². The molecule has 3 aromatic rings. The molecule has 1 aromatic carbocycles.